The third-order valence-electron chi connectivity index (χ3n) is 6.46. The van der Waals surface area contributed by atoms with Gasteiger partial charge < -0.3 is 14.2 Å². The molecule has 35 heavy (non-hydrogen) atoms. The fourth-order valence-corrected chi connectivity index (χ4v) is 4.52. The molecule has 0 radical (unpaired) electrons. The van der Waals surface area contributed by atoms with Gasteiger partial charge in [-0.2, -0.15) is 0 Å². The summed E-state index contributed by atoms with van der Waals surface area (Å²) in [4.78, 5) is 29.2. The minimum absolute atomic E-state index is 0.0664. The Morgan fingerprint density at radius 2 is 1.49 bits per heavy atom. The van der Waals surface area contributed by atoms with Gasteiger partial charge in [-0.3, -0.25) is 4.79 Å². The Hall–Kier alpha value is -4.52. The van der Waals surface area contributed by atoms with Crippen LogP contribution in [-0.4, -0.2) is 47.2 Å². The van der Waals surface area contributed by atoms with Gasteiger partial charge >= 0.3 is 5.63 Å². The second kappa shape index (κ2) is 8.68. The highest BCUT2D eigenvalue weighted by Gasteiger charge is 2.25. The monoisotopic (exact) mass is 462 g/mol. The number of hydrogen-bond donors (Lipinski definition) is 0. The van der Waals surface area contributed by atoms with Gasteiger partial charge in [0.25, 0.3) is 5.91 Å². The molecule has 1 amide bonds. The fraction of sp³-hybridized carbons (Fsp3) is 0.143. The van der Waals surface area contributed by atoms with Crippen LogP contribution in [0.25, 0.3) is 33.0 Å². The summed E-state index contributed by atoms with van der Waals surface area (Å²) in [5.41, 5.74) is 1.77. The smallest absolute Gasteiger partial charge is 0.349 e. The number of rotatable bonds is 3. The van der Waals surface area contributed by atoms with E-state index < -0.39 is 5.63 Å². The molecule has 0 unspecified atom stereocenters. The van der Waals surface area contributed by atoms with E-state index in [-0.39, 0.29) is 11.5 Å². The summed E-state index contributed by atoms with van der Waals surface area (Å²) >= 11 is 0. The van der Waals surface area contributed by atoms with Gasteiger partial charge in [0.1, 0.15) is 11.1 Å². The van der Waals surface area contributed by atoms with Crippen LogP contribution in [0.3, 0.4) is 0 Å². The van der Waals surface area contributed by atoms with Crippen LogP contribution in [0.5, 0.6) is 0 Å². The van der Waals surface area contributed by atoms with Crippen molar-refractivity contribution in [3.8, 4) is 11.3 Å². The van der Waals surface area contributed by atoms with E-state index in [9.17, 15) is 9.59 Å². The number of anilines is 1. The first-order valence-electron chi connectivity index (χ1n) is 11.6. The fourth-order valence-electron chi connectivity index (χ4n) is 4.52. The van der Waals surface area contributed by atoms with Gasteiger partial charge in [0, 0.05) is 37.1 Å². The molecule has 1 fully saturated rings. The summed E-state index contributed by atoms with van der Waals surface area (Å²) in [6, 6.07) is 27.2. The van der Waals surface area contributed by atoms with Crippen LogP contribution in [-0.2, 0) is 0 Å². The van der Waals surface area contributed by atoms with Crippen LogP contribution in [0.2, 0.25) is 0 Å². The molecular weight excluding hydrogens is 440 g/mol. The third kappa shape index (κ3) is 4.01. The van der Waals surface area contributed by atoms with E-state index in [2.05, 4.69) is 45.4 Å². The summed E-state index contributed by atoms with van der Waals surface area (Å²) in [6.45, 7) is 2.18. The van der Waals surface area contributed by atoms with Crippen LogP contribution < -0.4 is 10.5 Å². The third-order valence-corrected chi connectivity index (χ3v) is 6.46. The number of carbonyl (C=O) groups is 1. The number of para-hydroxylation sites is 1. The lowest BCUT2D eigenvalue weighted by atomic mass is 10.1. The predicted molar refractivity (Wildman–Crippen MR) is 136 cm³/mol. The molecule has 0 bridgehead atoms. The lowest BCUT2D eigenvalue weighted by Gasteiger charge is -2.35. The number of amides is 1. The molecule has 7 heteroatoms. The van der Waals surface area contributed by atoms with Crippen molar-refractivity contribution in [2.45, 2.75) is 0 Å². The van der Waals surface area contributed by atoms with Crippen molar-refractivity contribution in [3.63, 3.8) is 0 Å². The highest BCUT2D eigenvalue weighted by molar-refractivity contribution is 5.96. The Kier molecular flexibility index (Phi) is 5.22. The van der Waals surface area contributed by atoms with Gasteiger partial charge in [0.15, 0.2) is 5.82 Å². The molecule has 0 aliphatic carbocycles. The molecule has 2 aromatic heterocycles. The van der Waals surface area contributed by atoms with Gasteiger partial charge in [-0.05, 0) is 41.1 Å². The first-order chi connectivity index (χ1) is 17.2. The van der Waals surface area contributed by atoms with Crippen molar-refractivity contribution in [1.82, 2.24) is 15.1 Å². The average molecular weight is 463 g/mol. The maximum Gasteiger partial charge on any atom is 0.349 e. The zero-order chi connectivity index (χ0) is 23.8. The van der Waals surface area contributed by atoms with E-state index in [0.29, 0.717) is 31.8 Å². The highest BCUT2D eigenvalue weighted by Crippen LogP contribution is 2.24. The van der Waals surface area contributed by atoms with Gasteiger partial charge in [0.05, 0.1) is 5.69 Å². The zero-order valence-corrected chi connectivity index (χ0v) is 18.9. The first kappa shape index (κ1) is 21.0. The van der Waals surface area contributed by atoms with E-state index in [1.54, 1.807) is 23.1 Å². The lowest BCUT2D eigenvalue weighted by Crippen LogP contribution is -2.49. The van der Waals surface area contributed by atoms with E-state index in [1.165, 1.54) is 5.39 Å². The Bertz CT molecular complexity index is 1600. The summed E-state index contributed by atoms with van der Waals surface area (Å²) < 4.78 is 5.33. The largest absolute Gasteiger partial charge is 0.422 e. The van der Waals surface area contributed by atoms with E-state index in [1.807, 2.05) is 36.4 Å². The normalized spacial score (nSPS) is 13.9. The number of fused-ring (bicyclic) bond motifs is 2. The van der Waals surface area contributed by atoms with E-state index in [0.717, 1.165) is 27.8 Å². The zero-order valence-electron chi connectivity index (χ0n) is 18.9. The SMILES string of the molecule is O=C(c1cc2ccccc2oc1=O)N1CCN(c2ccc(-c3ccc4ccccc4c3)nn2)CC1. The standard InChI is InChI=1S/C28H22N4O3/c33-27(23-18-22-7-3-4-8-25(22)35-28(23)34)32-15-13-31(14-16-32)26-12-11-24(29-30-26)21-10-9-19-5-1-2-6-20(19)17-21/h1-12,17-18H,13-16H2. The average Bonchev–Trinajstić information content (AvgIpc) is 2.92. The van der Waals surface area contributed by atoms with Crippen molar-refractivity contribution in [2.24, 2.45) is 0 Å². The molecule has 0 atom stereocenters. The lowest BCUT2D eigenvalue weighted by molar-refractivity contribution is 0.0742. The number of piperazine rings is 1. The second-order valence-electron chi connectivity index (χ2n) is 8.60. The molecule has 5 aromatic rings. The number of aromatic nitrogens is 2. The van der Waals surface area contributed by atoms with Crippen molar-refractivity contribution >= 4 is 33.5 Å². The Labute approximate surface area is 201 Å². The molecule has 172 valence electrons. The van der Waals surface area contributed by atoms with Crippen LogP contribution >= 0.6 is 0 Å². The summed E-state index contributed by atoms with van der Waals surface area (Å²) in [7, 11) is 0. The van der Waals surface area contributed by atoms with E-state index in [4.69, 9.17) is 4.42 Å². The Balaban J connectivity index is 1.15. The van der Waals surface area contributed by atoms with Crippen LogP contribution in [0.1, 0.15) is 10.4 Å². The summed E-state index contributed by atoms with van der Waals surface area (Å²) in [6.07, 6.45) is 0. The summed E-state index contributed by atoms with van der Waals surface area (Å²) in [5.74, 6) is 0.466. The van der Waals surface area contributed by atoms with Crippen molar-refractivity contribution in [3.05, 3.63) is 101 Å². The number of benzene rings is 3. The van der Waals surface area contributed by atoms with Crippen molar-refractivity contribution in [1.29, 1.82) is 0 Å². The molecular formula is C28H22N4O3. The van der Waals surface area contributed by atoms with Crippen LogP contribution in [0.4, 0.5) is 5.82 Å². The second-order valence-corrected chi connectivity index (χ2v) is 8.60. The predicted octanol–water partition coefficient (Wildman–Crippen LogP) is 4.37. The van der Waals surface area contributed by atoms with Crippen LogP contribution in [0.15, 0.2) is 94.1 Å². The molecule has 3 aromatic carbocycles. The number of carbonyl (C=O) groups excluding carboxylic acids is 1. The van der Waals surface area contributed by atoms with Gasteiger partial charge in [-0.15, -0.1) is 10.2 Å². The first-order valence-corrected chi connectivity index (χ1v) is 11.6. The quantitative estimate of drug-likeness (QED) is 0.371. The molecule has 0 spiro atoms. The number of nitrogens with zero attached hydrogens (tertiary/aromatic N) is 4. The van der Waals surface area contributed by atoms with Crippen molar-refractivity contribution in [2.75, 3.05) is 31.1 Å². The molecule has 0 saturated carbocycles. The molecule has 3 heterocycles. The summed E-state index contributed by atoms with van der Waals surface area (Å²) in [5, 5.41) is 12.0. The van der Waals surface area contributed by atoms with Crippen molar-refractivity contribution < 1.29 is 9.21 Å². The molecule has 6 rings (SSSR count). The molecule has 1 saturated heterocycles. The topological polar surface area (TPSA) is 79.5 Å². The minimum Gasteiger partial charge on any atom is -0.422 e. The highest BCUT2D eigenvalue weighted by atomic mass is 16.4. The maximum absolute atomic E-state index is 13.0. The van der Waals surface area contributed by atoms with Crippen LogP contribution in [0, 0.1) is 0 Å². The van der Waals surface area contributed by atoms with E-state index >= 15 is 0 Å². The molecule has 7 nitrogen and oxygen atoms in total. The maximum atomic E-state index is 13.0. The molecule has 1 aliphatic rings. The van der Waals surface area contributed by atoms with Gasteiger partial charge in [0.2, 0.25) is 0 Å². The van der Waals surface area contributed by atoms with Gasteiger partial charge in [-0.1, -0.05) is 54.6 Å². The Morgan fingerprint density at radius 3 is 2.26 bits per heavy atom. The minimum atomic E-state index is -0.605. The Morgan fingerprint density at radius 1 is 0.743 bits per heavy atom. The number of hydrogen-bond acceptors (Lipinski definition) is 6. The molecule has 0 N–H and O–H groups in total. The van der Waals surface area contributed by atoms with Gasteiger partial charge in [-0.25, -0.2) is 4.79 Å². The molecule has 1 aliphatic heterocycles.